The molecule has 4 rings (SSSR count). The van der Waals surface area contributed by atoms with Gasteiger partial charge in [-0.1, -0.05) is 11.3 Å². The topological polar surface area (TPSA) is 85.6 Å². The first-order valence-corrected chi connectivity index (χ1v) is 11.8. The van der Waals surface area contributed by atoms with Crippen molar-refractivity contribution in [2.24, 2.45) is 5.41 Å². The second-order valence-corrected chi connectivity index (χ2v) is 10.4. The average molecular weight is 425 g/mol. The highest BCUT2D eigenvalue weighted by molar-refractivity contribution is 7.90. The lowest BCUT2D eigenvalue weighted by molar-refractivity contribution is 0.0315. The van der Waals surface area contributed by atoms with E-state index in [2.05, 4.69) is 15.4 Å². The lowest BCUT2D eigenvalue weighted by Crippen LogP contribution is -2.41. The number of rotatable bonds is 6. The summed E-state index contributed by atoms with van der Waals surface area (Å²) in [4.78, 5) is 5.26. The fraction of sp³-hybridized carbons (Fsp3) is 0.444. The third kappa shape index (κ3) is 4.34. The van der Waals surface area contributed by atoms with E-state index in [4.69, 9.17) is 4.74 Å². The van der Waals surface area contributed by atoms with Crippen LogP contribution in [0.1, 0.15) is 12.8 Å². The highest BCUT2D eigenvalue weighted by Gasteiger charge is 2.36. The Morgan fingerprint density at radius 1 is 1.29 bits per heavy atom. The molecular weight excluding hydrogens is 403 g/mol. The molecule has 3 aromatic rings. The number of anilines is 1. The minimum Gasteiger partial charge on any atom is -0.381 e. The molecule has 0 amide bonds. The Balaban J connectivity index is 1.50. The van der Waals surface area contributed by atoms with Gasteiger partial charge in [0.15, 0.2) is 0 Å². The average Bonchev–Trinajstić information content (AvgIpc) is 3.19. The van der Waals surface area contributed by atoms with Crippen molar-refractivity contribution in [3.63, 3.8) is 0 Å². The molecule has 3 heterocycles. The second kappa shape index (κ2) is 7.41. The third-order valence-electron chi connectivity index (χ3n) is 4.92. The lowest BCUT2D eigenvalue weighted by Gasteiger charge is -2.36. The number of sulfone groups is 1. The highest BCUT2D eigenvalue weighted by atomic mass is 32.2. The van der Waals surface area contributed by atoms with Gasteiger partial charge in [-0.2, -0.15) is 0 Å². The van der Waals surface area contributed by atoms with E-state index in [1.54, 1.807) is 22.8 Å². The predicted molar refractivity (Wildman–Crippen MR) is 107 cm³/mol. The van der Waals surface area contributed by atoms with Gasteiger partial charge in [0, 0.05) is 37.0 Å². The van der Waals surface area contributed by atoms with Crippen LogP contribution >= 0.6 is 11.3 Å². The summed E-state index contributed by atoms with van der Waals surface area (Å²) in [6.07, 6.45) is 4.47. The first-order valence-electron chi connectivity index (χ1n) is 8.94. The first-order chi connectivity index (χ1) is 13.3. The molecular formula is C18H21FN4O3S2. The summed E-state index contributed by atoms with van der Waals surface area (Å²) in [5.41, 5.74) is 1.20. The second-order valence-electron chi connectivity index (χ2n) is 7.30. The van der Waals surface area contributed by atoms with Crippen molar-refractivity contribution in [3.8, 4) is 11.3 Å². The standard InChI is InChI=1S/C18H21FN4O3S2/c1-28(24,25)12-18(6-8-26-9-7-18)11-20-16-22-23-10-15(21-17(23)27-16)13-2-4-14(19)5-3-13/h2-5,10H,6-9,11-12H2,1H3,(H,20,22). The van der Waals surface area contributed by atoms with E-state index in [9.17, 15) is 12.8 Å². The number of benzene rings is 1. The molecule has 10 heteroatoms. The van der Waals surface area contributed by atoms with Gasteiger partial charge in [-0.05, 0) is 37.1 Å². The van der Waals surface area contributed by atoms with Crippen molar-refractivity contribution in [1.82, 2.24) is 14.6 Å². The van der Waals surface area contributed by atoms with Gasteiger partial charge in [-0.3, -0.25) is 0 Å². The van der Waals surface area contributed by atoms with Crippen molar-refractivity contribution in [2.45, 2.75) is 12.8 Å². The van der Waals surface area contributed by atoms with Crippen molar-refractivity contribution >= 4 is 31.3 Å². The summed E-state index contributed by atoms with van der Waals surface area (Å²) in [7, 11) is -3.10. The summed E-state index contributed by atoms with van der Waals surface area (Å²) < 4.78 is 44.0. The van der Waals surface area contributed by atoms with E-state index < -0.39 is 9.84 Å². The zero-order valence-electron chi connectivity index (χ0n) is 15.4. The minimum absolute atomic E-state index is 0.133. The van der Waals surface area contributed by atoms with Crippen LogP contribution in [0, 0.1) is 11.2 Å². The van der Waals surface area contributed by atoms with Gasteiger partial charge in [-0.25, -0.2) is 22.3 Å². The molecule has 0 unspecified atom stereocenters. The van der Waals surface area contributed by atoms with Crippen LogP contribution in [0.4, 0.5) is 9.52 Å². The number of nitrogens with one attached hydrogen (secondary N) is 1. The van der Waals surface area contributed by atoms with Crippen LogP contribution in [0.2, 0.25) is 0 Å². The van der Waals surface area contributed by atoms with Crippen LogP contribution in [0.15, 0.2) is 30.5 Å². The van der Waals surface area contributed by atoms with Crippen LogP contribution in [0.5, 0.6) is 0 Å². The molecule has 150 valence electrons. The van der Waals surface area contributed by atoms with Crippen molar-refractivity contribution in [3.05, 3.63) is 36.3 Å². The van der Waals surface area contributed by atoms with E-state index in [1.165, 1.54) is 29.7 Å². The van der Waals surface area contributed by atoms with Crippen molar-refractivity contribution in [1.29, 1.82) is 0 Å². The largest absolute Gasteiger partial charge is 0.381 e. The summed E-state index contributed by atoms with van der Waals surface area (Å²) in [6, 6.07) is 6.17. The van der Waals surface area contributed by atoms with Gasteiger partial charge < -0.3 is 10.1 Å². The quantitative estimate of drug-likeness (QED) is 0.655. The molecule has 0 saturated carbocycles. The van der Waals surface area contributed by atoms with Crippen LogP contribution < -0.4 is 5.32 Å². The number of fused-ring (bicyclic) bond motifs is 1. The molecule has 7 nitrogen and oxygen atoms in total. The minimum atomic E-state index is -3.10. The number of hydrogen-bond donors (Lipinski definition) is 1. The van der Waals surface area contributed by atoms with E-state index in [1.807, 2.05) is 0 Å². The van der Waals surface area contributed by atoms with E-state index in [0.29, 0.717) is 42.7 Å². The van der Waals surface area contributed by atoms with Gasteiger partial charge in [0.25, 0.3) is 0 Å². The van der Waals surface area contributed by atoms with Gasteiger partial charge in [0.2, 0.25) is 10.1 Å². The summed E-state index contributed by atoms with van der Waals surface area (Å²) in [5, 5.41) is 8.48. The Morgan fingerprint density at radius 2 is 2.00 bits per heavy atom. The van der Waals surface area contributed by atoms with Gasteiger partial charge in [0.05, 0.1) is 17.6 Å². The molecule has 28 heavy (non-hydrogen) atoms. The molecule has 1 saturated heterocycles. The maximum absolute atomic E-state index is 13.1. The zero-order chi connectivity index (χ0) is 19.8. The molecule has 1 aromatic carbocycles. The van der Waals surface area contributed by atoms with E-state index in [-0.39, 0.29) is 17.0 Å². The Hall–Kier alpha value is -2.04. The molecule has 2 aromatic heterocycles. The summed E-state index contributed by atoms with van der Waals surface area (Å²) >= 11 is 1.40. The molecule has 1 aliphatic heterocycles. The number of imidazole rings is 1. The van der Waals surface area contributed by atoms with Gasteiger partial charge in [-0.15, -0.1) is 5.10 Å². The lowest BCUT2D eigenvalue weighted by atomic mass is 9.82. The zero-order valence-corrected chi connectivity index (χ0v) is 17.0. The predicted octanol–water partition coefficient (Wildman–Crippen LogP) is 2.85. The van der Waals surface area contributed by atoms with Crippen LogP contribution in [0.3, 0.4) is 0 Å². The van der Waals surface area contributed by atoms with Gasteiger partial charge >= 0.3 is 0 Å². The molecule has 0 atom stereocenters. The Labute approximate surface area is 166 Å². The normalized spacial score (nSPS) is 17.1. The SMILES string of the molecule is CS(=O)(=O)CC1(CNc2nn3cc(-c4ccc(F)cc4)nc3s2)CCOCC1. The number of halogens is 1. The van der Waals surface area contributed by atoms with Gasteiger partial charge in [0.1, 0.15) is 15.7 Å². The van der Waals surface area contributed by atoms with Crippen LogP contribution in [0.25, 0.3) is 16.2 Å². The highest BCUT2D eigenvalue weighted by Crippen LogP contribution is 2.33. The Kier molecular flexibility index (Phi) is 5.11. The monoisotopic (exact) mass is 424 g/mol. The smallest absolute Gasteiger partial charge is 0.214 e. The number of nitrogens with zero attached hydrogens (tertiary/aromatic N) is 3. The maximum atomic E-state index is 13.1. The van der Waals surface area contributed by atoms with Crippen molar-refractivity contribution < 1.29 is 17.5 Å². The molecule has 0 radical (unpaired) electrons. The molecule has 1 aliphatic rings. The Morgan fingerprint density at radius 3 is 2.64 bits per heavy atom. The molecule has 0 aliphatic carbocycles. The molecule has 1 N–H and O–H groups in total. The Bertz CT molecular complexity index is 1040. The van der Waals surface area contributed by atoms with Crippen molar-refractivity contribution in [2.75, 3.05) is 37.1 Å². The fourth-order valence-corrected chi connectivity index (χ4v) is 5.81. The maximum Gasteiger partial charge on any atom is 0.214 e. The van der Waals surface area contributed by atoms with Crippen LogP contribution in [-0.4, -0.2) is 54.8 Å². The molecule has 1 fully saturated rings. The molecule has 0 bridgehead atoms. The van der Waals surface area contributed by atoms with E-state index >= 15 is 0 Å². The number of ether oxygens (including phenoxy) is 1. The fourth-order valence-electron chi connectivity index (χ4n) is 3.53. The summed E-state index contributed by atoms with van der Waals surface area (Å²) in [6.45, 7) is 1.66. The number of aromatic nitrogens is 3. The molecule has 0 spiro atoms. The van der Waals surface area contributed by atoms with Crippen LogP contribution in [-0.2, 0) is 14.6 Å². The van der Waals surface area contributed by atoms with E-state index in [0.717, 1.165) is 11.3 Å². The number of hydrogen-bond acceptors (Lipinski definition) is 7. The summed E-state index contributed by atoms with van der Waals surface area (Å²) in [5.74, 6) is -0.154. The first kappa shape index (κ1) is 19.3. The third-order valence-corrected chi connectivity index (χ3v) is 6.94.